The van der Waals surface area contributed by atoms with E-state index in [-0.39, 0.29) is 10.8 Å². The second-order valence-corrected chi connectivity index (χ2v) is 8.96. The molecule has 2 rings (SSSR count). The van der Waals surface area contributed by atoms with E-state index in [1.54, 1.807) is 6.07 Å². The molecule has 0 spiro atoms. The Morgan fingerprint density at radius 3 is 2.63 bits per heavy atom. The molecule has 2 heterocycles. The summed E-state index contributed by atoms with van der Waals surface area (Å²) in [5, 5.41) is 9.52. The van der Waals surface area contributed by atoms with E-state index in [0.29, 0.717) is 26.1 Å². The number of halogens is 1. The van der Waals surface area contributed by atoms with Crippen molar-refractivity contribution in [2.75, 3.05) is 19.8 Å². The molecule has 0 aliphatic carbocycles. The molecule has 0 saturated carbocycles. The van der Waals surface area contributed by atoms with Gasteiger partial charge in [0.25, 0.3) is 10.0 Å². The number of hydrogen-bond donors (Lipinski definition) is 2. The number of aliphatic hydroxyl groups is 1. The first-order valence-electron chi connectivity index (χ1n) is 5.87. The average Bonchev–Trinajstić information content (AvgIpc) is 2.71. The molecular weight excluding hydrogens is 354 g/mol. The predicted octanol–water partition coefficient (Wildman–Crippen LogP) is 1.64. The van der Waals surface area contributed by atoms with Gasteiger partial charge in [-0.1, -0.05) is 0 Å². The molecule has 5 nitrogen and oxygen atoms in total. The Bertz CT molecular complexity index is 530. The molecule has 1 aliphatic heterocycles. The molecule has 2 N–H and O–H groups in total. The maximum Gasteiger partial charge on any atom is 0.250 e. The summed E-state index contributed by atoms with van der Waals surface area (Å²) in [6, 6.07) is 1.63. The van der Waals surface area contributed by atoms with Crippen molar-refractivity contribution in [3.8, 4) is 0 Å². The molecule has 8 heteroatoms. The summed E-state index contributed by atoms with van der Waals surface area (Å²) < 4.78 is 33.6. The smallest absolute Gasteiger partial charge is 0.250 e. The molecule has 0 unspecified atom stereocenters. The lowest BCUT2D eigenvalue weighted by atomic mass is 9.93. The zero-order valence-corrected chi connectivity index (χ0v) is 13.7. The van der Waals surface area contributed by atoms with E-state index in [4.69, 9.17) is 4.74 Å². The summed E-state index contributed by atoms with van der Waals surface area (Å²) in [7, 11) is -3.61. The van der Waals surface area contributed by atoms with Crippen LogP contribution in [0.4, 0.5) is 0 Å². The van der Waals surface area contributed by atoms with Gasteiger partial charge in [-0.05, 0) is 47.3 Å². The third-order valence-corrected chi connectivity index (χ3v) is 7.39. The lowest BCUT2D eigenvalue weighted by Crippen LogP contribution is -2.54. The van der Waals surface area contributed by atoms with Crippen molar-refractivity contribution in [2.24, 2.45) is 0 Å². The van der Waals surface area contributed by atoms with Crippen LogP contribution in [-0.4, -0.2) is 38.9 Å². The zero-order chi connectivity index (χ0) is 14.1. The van der Waals surface area contributed by atoms with Crippen LogP contribution in [0.25, 0.3) is 0 Å². The van der Waals surface area contributed by atoms with Gasteiger partial charge in [0, 0.05) is 13.2 Å². The predicted molar refractivity (Wildman–Crippen MR) is 76.9 cm³/mol. The van der Waals surface area contributed by atoms with Gasteiger partial charge in [0.15, 0.2) is 0 Å². The Hall–Kier alpha value is 0.01000. The van der Waals surface area contributed by atoms with Crippen LogP contribution >= 0.6 is 27.3 Å². The van der Waals surface area contributed by atoms with E-state index in [1.807, 2.05) is 6.92 Å². The highest BCUT2D eigenvalue weighted by atomic mass is 79.9. The molecule has 0 radical (unpaired) electrons. The first-order chi connectivity index (χ1) is 8.88. The molecule has 0 bridgehead atoms. The van der Waals surface area contributed by atoms with Crippen LogP contribution in [-0.2, 0) is 14.8 Å². The van der Waals surface area contributed by atoms with Crippen molar-refractivity contribution in [3.05, 3.63) is 15.4 Å². The number of thiophene rings is 1. The lowest BCUT2D eigenvalue weighted by Gasteiger charge is -2.35. The highest BCUT2D eigenvalue weighted by Crippen LogP contribution is 2.32. The van der Waals surface area contributed by atoms with Crippen molar-refractivity contribution >= 4 is 37.3 Å². The quantitative estimate of drug-likeness (QED) is 0.845. The van der Waals surface area contributed by atoms with Gasteiger partial charge in [0.1, 0.15) is 4.21 Å². The van der Waals surface area contributed by atoms with Gasteiger partial charge in [-0.25, -0.2) is 13.1 Å². The van der Waals surface area contributed by atoms with E-state index >= 15 is 0 Å². The van der Waals surface area contributed by atoms with Crippen molar-refractivity contribution < 1.29 is 18.3 Å². The van der Waals surface area contributed by atoms with E-state index in [2.05, 4.69) is 20.7 Å². The fourth-order valence-electron chi connectivity index (χ4n) is 1.95. The summed E-state index contributed by atoms with van der Waals surface area (Å²) >= 11 is 4.49. The van der Waals surface area contributed by atoms with Gasteiger partial charge in [0.05, 0.1) is 15.9 Å². The molecule has 1 fully saturated rings. The summed E-state index contributed by atoms with van der Waals surface area (Å²) in [5.74, 6) is 0. The monoisotopic (exact) mass is 369 g/mol. The van der Waals surface area contributed by atoms with Crippen molar-refractivity contribution in [2.45, 2.75) is 29.5 Å². The Morgan fingerprint density at radius 1 is 1.53 bits per heavy atom. The summed E-state index contributed by atoms with van der Waals surface area (Å²) in [4.78, 5) is 0. The number of hydrogen-bond acceptors (Lipinski definition) is 5. The second-order valence-electron chi connectivity index (χ2n) is 4.68. The van der Waals surface area contributed by atoms with Gasteiger partial charge < -0.3 is 9.84 Å². The first-order valence-corrected chi connectivity index (χ1v) is 8.96. The molecule has 19 heavy (non-hydrogen) atoms. The molecule has 108 valence electrons. The third kappa shape index (κ3) is 3.37. The highest BCUT2D eigenvalue weighted by molar-refractivity contribution is 9.11. The molecule has 1 aliphatic rings. The average molecular weight is 370 g/mol. The van der Waals surface area contributed by atoms with E-state index in [1.165, 1.54) is 11.3 Å². The molecule has 1 aromatic heterocycles. The molecular formula is C11H16BrNO4S2. The van der Waals surface area contributed by atoms with E-state index in [0.717, 1.165) is 9.35 Å². The minimum atomic E-state index is -3.61. The third-order valence-electron chi connectivity index (χ3n) is 3.20. The molecule has 0 aromatic carbocycles. The number of rotatable bonds is 4. The standard InChI is InChI=1S/C11H16BrNO4S2/c1-8-6-9(18-10(8)12)19(15,16)13-11(7-14)2-4-17-5-3-11/h6,13-14H,2-5,7H2,1H3. The summed E-state index contributed by atoms with van der Waals surface area (Å²) in [6.07, 6.45) is 0.961. The fourth-order valence-corrected chi connectivity index (χ4v) is 5.63. The van der Waals surface area contributed by atoms with Crippen LogP contribution in [0.3, 0.4) is 0 Å². The van der Waals surface area contributed by atoms with Crippen LogP contribution < -0.4 is 4.72 Å². The first kappa shape index (κ1) is 15.4. The molecule has 1 saturated heterocycles. The van der Waals surface area contributed by atoms with Gasteiger partial charge in [-0.15, -0.1) is 11.3 Å². The zero-order valence-electron chi connectivity index (χ0n) is 10.5. The van der Waals surface area contributed by atoms with E-state index < -0.39 is 15.6 Å². The van der Waals surface area contributed by atoms with Crippen LogP contribution in [0.1, 0.15) is 18.4 Å². The van der Waals surface area contributed by atoms with Gasteiger partial charge in [-0.2, -0.15) is 0 Å². The molecule has 1 aromatic rings. The maximum atomic E-state index is 12.4. The number of sulfonamides is 1. The topological polar surface area (TPSA) is 75.6 Å². The summed E-state index contributed by atoms with van der Waals surface area (Å²) in [5.41, 5.74) is 0.0805. The Kier molecular flexibility index (Phi) is 4.69. The van der Waals surface area contributed by atoms with Crippen molar-refractivity contribution in [1.82, 2.24) is 4.72 Å². The maximum absolute atomic E-state index is 12.4. The normalized spacial score (nSPS) is 19.5. The Balaban J connectivity index is 2.24. The second kappa shape index (κ2) is 5.79. The number of aryl methyl sites for hydroxylation is 1. The fraction of sp³-hybridized carbons (Fsp3) is 0.636. The van der Waals surface area contributed by atoms with Crippen molar-refractivity contribution in [3.63, 3.8) is 0 Å². The van der Waals surface area contributed by atoms with Crippen molar-refractivity contribution in [1.29, 1.82) is 0 Å². The number of nitrogens with one attached hydrogen (secondary N) is 1. The summed E-state index contributed by atoms with van der Waals surface area (Å²) in [6.45, 7) is 2.53. The lowest BCUT2D eigenvalue weighted by molar-refractivity contribution is 0.0223. The Morgan fingerprint density at radius 2 is 2.16 bits per heavy atom. The number of ether oxygens (including phenoxy) is 1. The van der Waals surface area contributed by atoms with Gasteiger partial charge >= 0.3 is 0 Å². The number of aliphatic hydroxyl groups excluding tert-OH is 1. The largest absolute Gasteiger partial charge is 0.394 e. The molecule has 0 amide bonds. The van der Waals surface area contributed by atoms with E-state index in [9.17, 15) is 13.5 Å². The molecule has 0 atom stereocenters. The highest BCUT2D eigenvalue weighted by Gasteiger charge is 2.37. The van der Waals surface area contributed by atoms with Gasteiger partial charge in [-0.3, -0.25) is 0 Å². The minimum Gasteiger partial charge on any atom is -0.394 e. The van der Waals surface area contributed by atoms with Crippen LogP contribution in [0.5, 0.6) is 0 Å². The Labute approximate surface area is 125 Å². The van der Waals surface area contributed by atoms with Crippen LogP contribution in [0.2, 0.25) is 0 Å². The SMILES string of the molecule is Cc1cc(S(=O)(=O)NC2(CO)CCOCC2)sc1Br. The minimum absolute atomic E-state index is 0.221. The van der Waals surface area contributed by atoms with Crippen LogP contribution in [0, 0.1) is 6.92 Å². The van der Waals surface area contributed by atoms with Gasteiger partial charge in [0.2, 0.25) is 0 Å². The van der Waals surface area contributed by atoms with Crippen LogP contribution in [0.15, 0.2) is 14.1 Å².